The summed E-state index contributed by atoms with van der Waals surface area (Å²) in [5, 5.41) is 3.04. The number of ether oxygens (including phenoxy) is 1. The van der Waals surface area contributed by atoms with Crippen LogP contribution in [0, 0.1) is 0 Å². The maximum atomic E-state index is 12.6. The topological polar surface area (TPSA) is 38.3 Å². The zero-order valence-electron chi connectivity index (χ0n) is 13.9. The van der Waals surface area contributed by atoms with Crippen LogP contribution in [0.3, 0.4) is 0 Å². The first-order valence-electron chi connectivity index (χ1n) is 7.86. The van der Waals surface area contributed by atoms with Gasteiger partial charge in [0.15, 0.2) is 0 Å². The molecule has 1 atom stereocenters. The van der Waals surface area contributed by atoms with E-state index in [1.165, 1.54) is 0 Å². The first-order chi connectivity index (χ1) is 11.1. The van der Waals surface area contributed by atoms with Crippen molar-refractivity contribution >= 4 is 17.6 Å². The molecule has 0 radical (unpaired) electrons. The van der Waals surface area contributed by atoms with Gasteiger partial charge in [0.2, 0.25) is 0 Å². The summed E-state index contributed by atoms with van der Waals surface area (Å²) in [4.78, 5) is 12.6. The molecule has 0 heterocycles. The molecule has 0 spiro atoms. The van der Waals surface area contributed by atoms with Gasteiger partial charge < -0.3 is 10.1 Å². The maximum absolute atomic E-state index is 12.6. The Morgan fingerprint density at radius 2 is 1.78 bits per heavy atom. The fraction of sp³-hybridized carbons (Fsp3) is 0.250. The van der Waals surface area contributed by atoms with Crippen LogP contribution in [-0.4, -0.2) is 19.1 Å². The molecule has 2 aromatic carbocycles. The molecule has 0 fully saturated rings. The van der Waals surface area contributed by atoms with Crippen molar-refractivity contribution in [3.8, 4) is 5.75 Å². The second kappa shape index (κ2) is 8.18. The number of hydrogen-bond donors (Lipinski definition) is 1. The summed E-state index contributed by atoms with van der Waals surface area (Å²) in [6.07, 6.45) is 2.81. The second-order valence-electron chi connectivity index (χ2n) is 5.48. The first kappa shape index (κ1) is 16.8. The van der Waals surface area contributed by atoms with Gasteiger partial charge in [0.1, 0.15) is 5.75 Å². The zero-order valence-corrected chi connectivity index (χ0v) is 13.9. The number of methoxy groups -OCH3 is 1. The third-order valence-corrected chi connectivity index (χ3v) is 3.75. The fourth-order valence-corrected chi connectivity index (χ4v) is 2.17. The zero-order chi connectivity index (χ0) is 16.7. The molecule has 2 aromatic rings. The molecule has 0 unspecified atom stereocenters. The van der Waals surface area contributed by atoms with Gasteiger partial charge in [0.05, 0.1) is 7.11 Å². The molecule has 23 heavy (non-hydrogen) atoms. The SMILES string of the molecule is CC[C@H](C)NC(=O)/C(=C/c1ccc(OC)cc1)c1ccccc1. The Hall–Kier alpha value is -2.55. The highest BCUT2D eigenvalue weighted by atomic mass is 16.5. The van der Waals surface area contributed by atoms with Gasteiger partial charge in [-0.05, 0) is 42.7 Å². The van der Waals surface area contributed by atoms with Crippen LogP contribution < -0.4 is 10.1 Å². The first-order valence-corrected chi connectivity index (χ1v) is 7.86. The predicted molar refractivity (Wildman–Crippen MR) is 95.2 cm³/mol. The fourth-order valence-electron chi connectivity index (χ4n) is 2.17. The number of rotatable bonds is 6. The van der Waals surface area contributed by atoms with E-state index < -0.39 is 0 Å². The lowest BCUT2D eigenvalue weighted by molar-refractivity contribution is -0.116. The van der Waals surface area contributed by atoms with Gasteiger partial charge in [-0.15, -0.1) is 0 Å². The Labute approximate surface area is 138 Å². The molecule has 0 aliphatic rings. The third kappa shape index (κ3) is 4.71. The average Bonchev–Trinajstić information content (AvgIpc) is 2.60. The summed E-state index contributed by atoms with van der Waals surface area (Å²) >= 11 is 0. The van der Waals surface area contributed by atoms with Crippen molar-refractivity contribution in [1.82, 2.24) is 5.32 Å². The van der Waals surface area contributed by atoms with E-state index in [0.29, 0.717) is 5.57 Å². The van der Waals surface area contributed by atoms with Crippen LogP contribution in [0.2, 0.25) is 0 Å². The van der Waals surface area contributed by atoms with Crippen LogP contribution in [0.25, 0.3) is 11.6 Å². The van der Waals surface area contributed by atoms with Crippen LogP contribution in [0.4, 0.5) is 0 Å². The Balaban J connectivity index is 2.36. The number of carbonyl (C=O) groups excluding carboxylic acids is 1. The normalized spacial score (nSPS) is 12.6. The van der Waals surface area contributed by atoms with Crippen molar-refractivity contribution in [2.45, 2.75) is 26.3 Å². The van der Waals surface area contributed by atoms with E-state index in [2.05, 4.69) is 12.2 Å². The Morgan fingerprint density at radius 3 is 2.35 bits per heavy atom. The molecule has 0 aliphatic heterocycles. The molecule has 0 aliphatic carbocycles. The van der Waals surface area contributed by atoms with E-state index in [9.17, 15) is 4.79 Å². The average molecular weight is 309 g/mol. The molecule has 120 valence electrons. The summed E-state index contributed by atoms with van der Waals surface area (Å²) in [6, 6.07) is 17.5. The molecule has 0 saturated heterocycles. The minimum atomic E-state index is -0.0543. The van der Waals surface area contributed by atoms with Crippen LogP contribution in [0.1, 0.15) is 31.4 Å². The van der Waals surface area contributed by atoms with Crippen molar-refractivity contribution in [2.75, 3.05) is 7.11 Å². The van der Waals surface area contributed by atoms with Gasteiger partial charge >= 0.3 is 0 Å². The van der Waals surface area contributed by atoms with Gasteiger partial charge in [-0.25, -0.2) is 0 Å². The van der Waals surface area contributed by atoms with E-state index >= 15 is 0 Å². The summed E-state index contributed by atoms with van der Waals surface area (Å²) in [6.45, 7) is 4.06. The van der Waals surface area contributed by atoms with Crippen molar-refractivity contribution in [2.24, 2.45) is 0 Å². The summed E-state index contributed by atoms with van der Waals surface area (Å²) in [5.41, 5.74) is 2.53. The minimum absolute atomic E-state index is 0.0543. The number of carbonyl (C=O) groups is 1. The molecule has 0 saturated carbocycles. The van der Waals surface area contributed by atoms with E-state index in [-0.39, 0.29) is 11.9 Å². The number of nitrogens with one attached hydrogen (secondary N) is 1. The van der Waals surface area contributed by atoms with Crippen LogP contribution in [0.15, 0.2) is 54.6 Å². The number of amides is 1. The quantitative estimate of drug-likeness (QED) is 0.643. The molecular weight excluding hydrogens is 286 g/mol. The highest BCUT2D eigenvalue weighted by Crippen LogP contribution is 2.20. The molecular formula is C20H23NO2. The summed E-state index contributed by atoms with van der Waals surface area (Å²) in [7, 11) is 1.64. The smallest absolute Gasteiger partial charge is 0.252 e. The van der Waals surface area contributed by atoms with Gasteiger partial charge in [-0.2, -0.15) is 0 Å². The molecule has 0 bridgehead atoms. The van der Waals surface area contributed by atoms with Gasteiger partial charge in [0.25, 0.3) is 5.91 Å². The molecule has 3 nitrogen and oxygen atoms in total. The summed E-state index contributed by atoms with van der Waals surface area (Å²) < 4.78 is 5.17. The van der Waals surface area contributed by atoms with Crippen molar-refractivity contribution in [3.05, 3.63) is 65.7 Å². The maximum Gasteiger partial charge on any atom is 0.252 e. The van der Waals surface area contributed by atoms with E-state index in [1.807, 2.05) is 67.6 Å². The minimum Gasteiger partial charge on any atom is -0.497 e. The molecule has 2 rings (SSSR count). The van der Waals surface area contributed by atoms with Crippen molar-refractivity contribution in [3.63, 3.8) is 0 Å². The Bertz CT molecular complexity index is 660. The lowest BCUT2D eigenvalue weighted by atomic mass is 10.0. The summed E-state index contributed by atoms with van der Waals surface area (Å²) in [5.74, 6) is 0.744. The molecule has 1 amide bonds. The van der Waals surface area contributed by atoms with Gasteiger partial charge in [-0.3, -0.25) is 4.79 Å². The Kier molecular flexibility index (Phi) is 5.98. The molecule has 1 N–H and O–H groups in total. The largest absolute Gasteiger partial charge is 0.497 e. The monoisotopic (exact) mass is 309 g/mol. The molecule has 0 aromatic heterocycles. The van der Waals surface area contributed by atoms with Gasteiger partial charge in [0, 0.05) is 11.6 Å². The third-order valence-electron chi connectivity index (χ3n) is 3.75. The lowest BCUT2D eigenvalue weighted by Gasteiger charge is -2.14. The van der Waals surface area contributed by atoms with Crippen LogP contribution >= 0.6 is 0 Å². The van der Waals surface area contributed by atoms with Crippen LogP contribution in [0.5, 0.6) is 5.75 Å². The number of hydrogen-bond acceptors (Lipinski definition) is 2. The van der Waals surface area contributed by atoms with E-state index in [4.69, 9.17) is 4.74 Å². The van der Waals surface area contributed by atoms with E-state index in [0.717, 1.165) is 23.3 Å². The second-order valence-corrected chi connectivity index (χ2v) is 5.48. The molecule has 3 heteroatoms. The Morgan fingerprint density at radius 1 is 1.13 bits per heavy atom. The highest BCUT2D eigenvalue weighted by Gasteiger charge is 2.13. The predicted octanol–water partition coefficient (Wildman–Crippen LogP) is 4.15. The highest BCUT2D eigenvalue weighted by molar-refractivity contribution is 6.24. The van der Waals surface area contributed by atoms with E-state index in [1.54, 1.807) is 7.11 Å². The van der Waals surface area contributed by atoms with Crippen molar-refractivity contribution in [1.29, 1.82) is 0 Å². The van der Waals surface area contributed by atoms with Gasteiger partial charge in [-0.1, -0.05) is 49.4 Å². The number of benzene rings is 2. The lowest BCUT2D eigenvalue weighted by Crippen LogP contribution is -2.32. The standard InChI is InChI=1S/C20H23NO2/c1-4-15(2)21-20(22)19(17-8-6-5-7-9-17)14-16-10-12-18(23-3)13-11-16/h5-15H,4H2,1-3H3,(H,21,22)/b19-14+/t15-/m0/s1. The van der Waals surface area contributed by atoms with Crippen LogP contribution in [-0.2, 0) is 4.79 Å². The van der Waals surface area contributed by atoms with Crippen molar-refractivity contribution < 1.29 is 9.53 Å².